The molecule has 0 amide bonds. The van der Waals surface area contributed by atoms with Crippen LogP contribution in [0, 0.1) is 11.3 Å². The molecule has 0 aliphatic rings. The molecule has 3 heteroatoms. The summed E-state index contributed by atoms with van der Waals surface area (Å²) < 4.78 is 5.83. The third-order valence-corrected chi connectivity index (χ3v) is 3.62. The van der Waals surface area contributed by atoms with Crippen molar-refractivity contribution in [2.24, 2.45) is 0 Å². The molecule has 3 nitrogen and oxygen atoms in total. The Labute approximate surface area is 113 Å². The highest BCUT2D eigenvalue weighted by Crippen LogP contribution is 2.19. The van der Waals surface area contributed by atoms with Gasteiger partial charge >= 0.3 is 0 Å². The van der Waals surface area contributed by atoms with Crippen LogP contribution in [0.15, 0.2) is 0 Å². The van der Waals surface area contributed by atoms with Crippen molar-refractivity contribution in [1.29, 1.82) is 5.26 Å². The Morgan fingerprint density at radius 2 is 1.83 bits per heavy atom. The quantitative estimate of drug-likeness (QED) is 0.605. The van der Waals surface area contributed by atoms with E-state index in [1.807, 2.05) is 0 Å². The molecule has 1 N–H and O–H groups in total. The van der Waals surface area contributed by atoms with Crippen molar-refractivity contribution in [1.82, 2.24) is 5.32 Å². The first kappa shape index (κ1) is 17.4. The first-order valence-electron chi connectivity index (χ1n) is 7.25. The zero-order valence-electron chi connectivity index (χ0n) is 12.8. The molecule has 0 rings (SSSR count). The monoisotopic (exact) mass is 254 g/mol. The van der Waals surface area contributed by atoms with Crippen molar-refractivity contribution in [3.8, 4) is 6.07 Å². The van der Waals surface area contributed by atoms with Gasteiger partial charge in [0.15, 0.2) is 0 Å². The van der Waals surface area contributed by atoms with Gasteiger partial charge in [0.25, 0.3) is 0 Å². The van der Waals surface area contributed by atoms with Crippen molar-refractivity contribution in [2.45, 2.75) is 77.9 Å². The van der Waals surface area contributed by atoms with Gasteiger partial charge in [-0.3, -0.25) is 5.32 Å². The first-order chi connectivity index (χ1) is 8.45. The van der Waals surface area contributed by atoms with Crippen molar-refractivity contribution in [2.75, 3.05) is 13.2 Å². The van der Waals surface area contributed by atoms with Gasteiger partial charge in [-0.15, -0.1) is 0 Å². The van der Waals surface area contributed by atoms with Crippen LogP contribution in [0.2, 0.25) is 0 Å². The van der Waals surface area contributed by atoms with E-state index in [0.29, 0.717) is 0 Å². The van der Waals surface area contributed by atoms with Crippen LogP contribution in [0.5, 0.6) is 0 Å². The molecular weight excluding hydrogens is 224 g/mol. The topological polar surface area (TPSA) is 45.0 Å². The third kappa shape index (κ3) is 6.37. The van der Waals surface area contributed by atoms with E-state index in [4.69, 9.17) is 4.74 Å². The van der Waals surface area contributed by atoms with Gasteiger partial charge < -0.3 is 4.74 Å². The summed E-state index contributed by atoms with van der Waals surface area (Å²) in [6, 6.07) is 2.45. The standard InChI is InChI=1S/C15H30N2O/c1-6-11-17-15(8-3,13-16)10-9-12-18-14(4,5)7-2/h17H,6-12H2,1-5H3. The van der Waals surface area contributed by atoms with E-state index in [2.05, 4.69) is 46.0 Å². The minimum absolute atomic E-state index is 0.0433. The number of nitrogens with zero attached hydrogens (tertiary/aromatic N) is 1. The zero-order valence-corrected chi connectivity index (χ0v) is 12.8. The molecule has 0 bridgehead atoms. The molecule has 0 spiro atoms. The minimum Gasteiger partial charge on any atom is -0.376 e. The van der Waals surface area contributed by atoms with E-state index in [1.54, 1.807) is 0 Å². The highest BCUT2D eigenvalue weighted by atomic mass is 16.5. The maximum absolute atomic E-state index is 9.36. The summed E-state index contributed by atoms with van der Waals surface area (Å²) in [5.74, 6) is 0. The van der Waals surface area contributed by atoms with E-state index in [9.17, 15) is 5.26 Å². The SMILES string of the molecule is CCCNC(C#N)(CC)CCCOC(C)(C)CC. The van der Waals surface area contributed by atoms with E-state index in [1.165, 1.54) is 0 Å². The second-order valence-electron chi connectivity index (χ2n) is 5.54. The van der Waals surface area contributed by atoms with Crippen molar-refractivity contribution >= 4 is 0 Å². The van der Waals surface area contributed by atoms with E-state index < -0.39 is 0 Å². The lowest BCUT2D eigenvalue weighted by Gasteiger charge is -2.28. The fourth-order valence-electron chi connectivity index (χ4n) is 1.75. The van der Waals surface area contributed by atoms with Gasteiger partial charge in [-0.1, -0.05) is 20.8 Å². The summed E-state index contributed by atoms with van der Waals surface area (Å²) in [6.45, 7) is 12.2. The van der Waals surface area contributed by atoms with Crippen LogP contribution in [0.4, 0.5) is 0 Å². The fraction of sp³-hybridized carbons (Fsp3) is 0.933. The maximum Gasteiger partial charge on any atom is 0.106 e. The van der Waals surface area contributed by atoms with E-state index >= 15 is 0 Å². The number of nitriles is 1. The lowest BCUT2D eigenvalue weighted by molar-refractivity contribution is -0.0230. The number of nitrogens with one attached hydrogen (secondary N) is 1. The van der Waals surface area contributed by atoms with Crippen LogP contribution in [0.3, 0.4) is 0 Å². The summed E-state index contributed by atoms with van der Waals surface area (Å²) in [4.78, 5) is 0. The molecule has 0 heterocycles. The molecule has 1 atom stereocenters. The zero-order chi connectivity index (χ0) is 14.1. The molecule has 106 valence electrons. The molecule has 0 radical (unpaired) electrons. The van der Waals surface area contributed by atoms with Gasteiger partial charge in [0, 0.05) is 6.61 Å². The average Bonchev–Trinajstić information content (AvgIpc) is 2.39. The Morgan fingerprint density at radius 1 is 1.17 bits per heavy atom. The Bertz CT molecular complexity index is 258. The van der Waals surface area contributed by atoms with Gasteiger partial charge in [-0.05, 0) is 52.5 Å². The normalized spacial score (nSPS) is 15.1. The Kier molecular flexibility index (Phi) is 8.22. The second-order valence-corrected chi connectivity index (χ2v) is 5.54. The van der Waals surface area contributed by atoms with Crippen molar-refractivity contribution < 1.29 is 4.74 Å². The number of ether oxygens (including phenoxy) is 1. The minimum atomic E-state index is -0.365. The molecule has 0 fully saturated rings. The van der Waals surface area contributed by atoms with Gasteiger partial charge in [0.05, 0.1) is 11.7 Å². The molecule has 0 aliphatic heterocycles. The van der Waals surface area contributed by atoms with Crippen LogP contribution < -0.4 is 5.32 Å². The Morgan fingerprint density at radius 3 is 2.28 bits per heavy atom. The highest BCUT2D eigenvalue weighted by Gasteiger charge is 2.26. The summed E-state index contributed by atoms with van der Waals surface area (Å²) in [6.07, 6.45) is 4.71. The molecule has 18 heavy (non-hydrogen) atoms. The second kappa shape index (κ2) is 8.50. The smallest absolute Gasteiger partial charge is 0.106 e. The van der Waals surface area contributed by atoms with Gasteiger partial charge in [-0.2, -0.15) is 5.26 Å². The molecule has 0 aliphatic carbocycles. The molecule has 0 aromatic carbocycles. The van der Waals surface area contributed by atoms with Crippen LogP contribution in [0.25, 0.3) is 0 Å². The number of rotatable bonds is 10. The van der Waals surface area contributed by atoms with Crippen molar-refractivity contribution in [3.63, 3.8) is 0 Å². The summed E-state index contributed by atoms with van der Waals surface area (Å²) >= 11 is 0. The van der Waals surface area contributed by atoms with Crippen molar-refractivity contribution in [3.05, 3.63) is 0 Å². The Balaban J connectivity index is 4.09. The molecular formula is C15H30N2O. The lowest BCUT2D eigenvalue weighted by Crippen LogP contribution is -2.44. The largest absolute Gasteiger partial charge is 0.376 e. The Hall–Kier alpha value is -0.590. The molecule has 0 saturated heterocycles. The molecule has 0 aromatic rings. The number of hydrogen-bond donors (Lipinski definition) is 1. The van der Waals surface area contributed by atoms with Gasteiger partial charge in [0.2, 0.25) is 0 Å². The van der Waals surface area contributed by atoms with E-state index in [-0.39, 0.29) is 11.1 Å². The highest BCUT2D eigenvalue weighted by molar-refractivity contribution is 5.06. The van der Waals surface area contributed by atoms with Crippen LogP contribution >= 0.6 is 0 Å². The molecule has 1 unspecified atom stereocenters. The predicted molar refractivity (Wildman–Crippen MR) is 76.5 cm³/mol. The predicted octanol–water partition coefficient (Wildman–Crippen LogP) is 3.64. The summed E-state index contributed by atoms with van der Waals surface area (Å²) in [5, 5.41) is 12.7. The third-order valence-electron chi connectivity index (χ3n) is 3.62. The molecule has 0 saturated carbocycles. The summed E-state index contributed by atoms with van der Waals surface area (Å²) in [7, 11) is 0. The summed E-state index contributed by atoms with van der Waals surface area (Å²) in [5.41, 5.74) is -0.409. The fourth-order valence-corrected chi connectivity index (χ4v) is 1.75. The maximum atomic E-state index is 9.36. The van der Waals surface area contributed by atoms with Crippen LogP contribution in [-0.2, 0) is 4.74 Å². The molecule has 0 aromatic heterocycles. The van der Waals surface area contributed by atoms with Crippen LogP contribution in [0.1, 0.15) is 66.7 Å². The first-order valence-corrected chi connectivity index (χ1v) is 7.25. The van der Waals surface area contributed by atoms with E-state index in [0.717, 1.165) is 45.3 Å². The average molecular weight is 254 g/mol. The van der Waals surface area contributed by atoms with Crippen LogP contribution in [-0.4, -0.2) is 24.3 Å². The van der Waals surface area contributed by atoms with Gasteiger partial charge in [-0.25, -0.2) is 0 Å². The lowest BCUT2D eigenvalue weighted by atomic mass is 9.92. The van der Waals surface area contributed by atoms with Gasteiger partial charge in [0.1, 0.15) is 5.54 Å². The number of hydrogen-bond acceptors (Lipinski definition) is 3.